The van der Waals surface area contributed by atoms with Crippen molar-refractivity contribution < 1.29 is 39.8 Å². The van der Waals surface area contributed by atoms with Crippen LogP contribution in [0.2, 0.25) is 0 Å². The third kappa shape index (κ3) is 24.4. The van der Waals surface area contributed by atoms with Gasteiger partial charge >= 0.3 is 0 Å². The molecule has 7 unspecified atom stereocenters. The molecule has 0 aromatic heterocycles. The highest BCUT2D eigenvalue weighted by atomic mass is 16.7. The van der Waals surface area contributed by atoms with Crippen molar-refractivity contribution in [3.05, 3.63) is 36.5 Å². The van der Waals surface area contributed by atoms with Crippen LogP contribution in [0.4, 0.5) is 0 Å². The molecule has 1 fully saturated rings. The molecule has 51 heavy (non-hydrogen) atoms. The highest BCUT2D eigenvalue weighted by molar-refractivity contribution is 5.76. The fraction of sp³-hybridized carbons (Fsp3) is 0.833. The van der Waals surface area contributed by atoms with Gasteiger partial charge in [0.25, 0.3) is 0 Å². The van der Waals surface area contributed by atoms with Crippen LogP contribution in [0.1, 0.15) is 168 Å². The molecule has 0 bridgehead atoms. The Kier molecular flexibility index (Phi) is 30.7. The van der Waals surface area contributed by atoms with E-state index in [-0.39, 0.29) is 12.5 Å². The smallest absolute Gasteiger partial charge is 0.220 e. The molecule has 9 nitrogen and oxygen atoms in total. The number of rotatable bonds is 33. The largest absolute Gasteiger partial charge is 0.394 e. The average molecular weight is 724 g/mol. The molecule has 0 aromatic carbocycles. The molecule has 0 saturated carbocycles. The fourth-order valence-electron chi connectivity index (χ4n) is 6.41. The van der Waals surface area contributed by atoms with Crippen molar-refractivity contribution in [1.29, 1.82) is 0 Å². The number of nitrogens with one attached hydrogen (secondary N) is 1. The van der Waals surface area contributed by atoms with Gasteiger partial charge in [0.1, 0.15) is 24.4 Å². The van der Waals surface area contributed by atoms with Crippen LogP contribution in [0.25, 0.3) is 0 Å². The number of aliphatic hydroxyl groups excluding tert-OH is 5. The van der Waals surface area contributed by atoms with Crippen LogP contribution in [0, 0.1) is 0 Å². The molecular weight excluding hydrogens is 646 g/mol. The maximum absolute atomic E-state index is 12.9. The van der Waals surface area contributed by atoms with Gasteiger partial charge in [-0.15, -0.1) is 0 Å². The van der Waals surface area contributed by atoms with Gasteiger partial charge in [-0.05, 0) is 44.9 Å². The summed E-state index contributed by atoms with van der Waals surface area (Å²) in [6.07, 6.45) is 31.4. The molecule has 0 radical (unpaired) electrons. The molecule has 6 N–H and O–H groups in total. The van der Waals surface area contributed by atoms with Crippen molar-refractivity contribution in [3.8, 4) is 0 Å². The standard InChI is InChI=1S/C42H77NO8/c1-3-5-7-9-11-13-15-17-18-20-22-24-26-28-30-32-38(46)43-35(34-50-42-41(49)40(48)39(47)37(33-44)51-42)36(45)31-29-27-25-23-21-19-16-14-12-10-8-6-4-2/h5,7,11,13,17-18,35-37,39-42,44-45,47-49H,3-4,6,8-10,12,14-16,19-34H2,1-2H3,(H,43,46)/b7-5-,13-11-,18-17-. The average Bonchev–Trinajstić information content (AvgIpc) is 3.13. The molecule has 1 aliphatic heterocycles. The second-order valence-electron chi connectivity index (χ2n) is 14.4. The second-order valence-corrected chi connectivity index (χ2v) is 14.4. The maximum atomic E-state index is 12.9. The van der Waals surface area contributed by atoms with Gasteiger partial charge in [-0.1, -0.05) is 153 Å². The first-order valence-corrected chi connectivity index (χ1v) is 20.7. The highest BCUT2D eigenvalue weighted by Crippen LogP contribution is 2.23. The number of carbonyl (C=O) groups excluding carboxylic acids is 1. The van der Waals surface area contributed by atoms with Gasteiger partial charge in [0.2, 0.25) is 5.91 Å². The van der Waals surface area contributed by atoms with Crippen molar-refractivity contribution in [2.24, 2.45) is 0 Å². The number of unbranched alkanes of at least 4 members (excludes halogenated alkanes) is 17. The first-order valence-electron chi connectivity index (χ1n) is 20.7. The number of amides is 1. The van der Waals surface area contributed by atoms with Gasteiger partial charge < -0.3 is 40.3 Å². The summed E-state index contributed by atoms with van der Waals surface area (Å²) in [6.45, 7) is 3.69. The zero-order chi connectivity index (χ0) is 37.4. The van der Waals surface area contributed by atoms with Gasteiger partial charge in [-0.2, -0.15) is 0 Å². The third-order valence-electron chi connectivity index (χ3n) is 9.76. The van der Waals surface area contributed by atoms with Gasteiger partial charge in [-0.25, -0.2) is 0 Å². The zero-order valence-electron chi connectivity index (χ0n) is 32.4. The molecule has 1 rings (SSSR count). The molecule has 0 aromatic rings. The van der Waals surface area contributed by atoms with E-state index in [2.05, 4.69) is 55.6 Å². The molecule has 1 aliphatic rings. The summed E-state index contributed by atoms with van der Waals surface area (Å²) in [5.74, 6) is -0.164. The summed E-state index contributed by atoms with van der Waals surface area (Å²) in [4.78, 5) is 12.9. The van der Waals surface area contributed by atoms with E-state index >= 15 is 0 Å². The van der Waals surface area contributed by atoms with Crippen molar-refractivity contribution in [3.63, 3.8) is 0 Å². The predicted molar refractivity (Wildman–Crippen MR) is 207 cm³/mol. The van der Waals surface area contributed by atoms with E-state index in [1.54, 1.807) is 0 Å². The highest BCUT2D eigenvalue weighted by Gasteiger charge is 2.44. The molecule has 1 heterocycles. The van der Waals surface area contributed by atoms with Crippen LogP contribution >= 0.6 is 0 Å². The Bertz CT molecular complexity index is 894. The summed E-state index contributed by atoms with van der Waals surface area (Å²) in [6, 6.07) is -0.725. The van der Waals surface area contributed by atoms with Crippen molar-refractivity contribution >= 4 is 5.91 Å². The maximum Gasteiger partial charge on any atom is 0.220 e. The van der Waals surface area contributed by atoms with Crippen LogP contribution in [0.5, 0.6) is 0 Å². The Labute approximate surface area is 311 Å². The molecular formula is C42H77NO8. The van der Waals surface area contributed by atoms with E-state index in [4.69, 9.17) is 9.47 Å². The minimum Gasteiger partial charge on any atom is -0.394 e. The molecule has 1 amide bonds. The molecule has 0 spiro atoms. The third-order valence-corrected chi connectivity index (χ3v) is 9.76. The lowest BCUT2D eigenvalue weighted by Gasteiger charge is -2.40. The number of allylic oxidation sites excluding steroid dienone is 6. The van der Waals surface area contributed by atoms with Crippen LogP contribution in [0.15, 0.2) is 36.5 Å². The number of carbonyl (C=O) groups is 1. The van der Waals surface area contributed by atoms with Gasteiger partial charge in [0, 0.05) is 6.42 Å². The Morgan fingerprint density at radius 1 is 0.686 bits per heavy atom. The predicted octanol–water partition coefficient (Wildman–Crippen LogP) is 7.72. The summed E-state index contributed by atoms with van der Waals surface area (Å²) in [7, 11) is 0. The Balaban J connectivity index is 2.40. The van der Waals surface area contributed by atoms with Gasteiger partial charge in [-0.3, -0.25) is 4.79 Å². The number of hydrogen-bond donors (Lipinski definition) is 6. The zero-order valence-corrected chi connectivity index (χ0v) is 32.4. The topological polar surface area (TPSA) is 149 Å². The van der Waals surface area contributed by atoms with Crippen LogP contribution in [-0.4, -0.2) is 87.5 Å². The monoisotopic (exact) mass is 724 g/mol. The van der Waals surface area contributed by atoms with E-state index in [0.717, 1.165) is 77.0 Å². The fourth-order valence-corrected chi connectivity index (χ4v) is 6.41. The first kappa shape index (κ1) is 47.4. The van der Waals surface area contributed by atoms with Crippen LogP contribution < -0.4 is 5.32 Å². The van der Waals surface area contributed by atoms with Crippen molar-refractivity contribution in [2.45, 2.75) is 211 Å². The lowest BCUT2D eigenvalue weighted by molar-refractivity contribution is -0.302. The second kappa shape index (κ2) is 33.0. The summed E-state index contributed by atoms with van der Waals surface area (Å²) in [5, 5.41) is 54.1. The van der Waals surface area contributed by atoms with Crippen molar-refractivity contribution in [2.75, 3.05) is 13.2 Å². The molecule has 7 atom stereocenters. The Hall–Kier alpha value is -1.59. The number of aliphatic hydroxyl groups is 5. The summed E-state index contributed by atoms with van der Waals surface area (Å²) < 4.78 is 11.2. The van der Waals surface area contributed by atoms with Gasteiger partial charge in [0.15, 0.2) is 6.29 Å². The summed E-state index contributed by atoms with van der Waals surface area (Å²) in [5.41, 5.74) is 0. The van der Waals surface area contributed by atoms with E-state index < -0.39 is 49.5 Å². The van der Waals surface area contributed by atoms with E-state index in [0.29, 0.717) is 12.8 Å². The molecule has 1 saturated heterocycles. The number of hydrogen-bond acceptors (Lipinski definition) is 8. The molecule has 0 aliphatic carbocycles. The molecule has 298 valence electrons. The minimum absolute atomic E-state index is 0.146. The van der Waals surface area contributed by atoms with Crippen molar-refractivity contribution in [1.82, 2.24) is 5.32 Å². The minimum atomic E-state index is -1.55. The lowest BCUT2D eigenvalue weighted by atomic mass is 9.99. The number of ether oxygens (including phenoxy) is 2. The SMILES string of the molecule is CC/C=C\C/C=C\C/C=C\CCCCCCCC(=O)NC(COC1OC(CO)C(O)C(O)C1O)C(O)CCCCCCCCCCCCCCC. The lowest BCUT2D eigenvalue weighted by Crippen LogP contribution is -2.60. The first-order chi connectivity index (χ1) is 24.8. The van der Waals surface area contributed by atoms with E-state index in [1.807, 2.05) is 0 Å². The van der Waals surface area contributed by atoms with Gasteiger partial charge in [0.05, 0.1) is 25.4 Å². The Morgan fingerprint density at radius 3 is 1.80 bits per heavy atom. The quantitative estimate of drug-likeness (QED) is 0.0298. The Morgan fingerprint density at radius 2 is 1.22 bits per heavy atom. The molecule has 9 heteroatoms. The normalized spacial score (nSPS) is 22.4. The van der Waals surface area contributed by atoms with E-state index in [9.17, 15) is 30.3 Å². The van der Waals surface area contributed by atoms with Crippen LogP contribution in [-0.2, 0) is 14.3 Å². The van der Waals surface area contributed by atoms with E-state index in [1.165, 1.54) is 64.2 Å². The summed E-state index contributed by atoms with van der Waals surface area (Å²) >= 11 is 0. The van der Waals surface area contributed by atoms with Crippen LogP contribution in [0.3, 0.4) is 0 Å².